The quantitative estimate of drug-likeness (QED) is 0.531. The van der Waals surface area contributed by atoms with Crippen molar-refractivity contribution >= 4 is 49.3 Å². The Morgan fingerprint density at radius 3 is 2.17 bits per heavy atom. The number of rotatable bonds is 3. The molecule has 2 rings (SSSR count). The van der Waals surface area contributed by atoms with Crippen LogP contribution in [-0.4, -0.2) is 4.92 Å². The predicted octanol–water partition coefficient (Wildman–Crippen LogP) is 5.27. The lowest BCUT2D eigenvalue weighted by molar-refractivity contribution is -0.385. The highest BCUT2D eigenvalue weighted by Gasteiger charge is 2.11. The molecule has 0 aliphatic rings. The Kier molecular flexibility index (Phi) is 4.42. The molecule has 18 heavy (non-hydrogen) atoms. The monoisotopic (exact) mass is 387 g/mol. The molecule has 2 aromatic carbocycles. The van der Waals surface area contributed by atoms with Gasteiger partial charge in [-0.2, -0.15) is 0 Å². The van der Waals surface area contributed by atoms with E-state index >= 15 is 0 Å². The zero-order chi connectivity index (χ0) is 13.1. The lowest BCUT2D eigenvalue weighted by Gasteiger charge is -2.03. The van der Waals surface area contributed by atoms with Gasteiger partial charge in [0.05, 0.1) is 9.40 Å². The standard InChI is InChI=1S/C12H7Br2NO2S/c13-8-1-3-9(4-2-8)18-10-5-6-12(15(16)17)11(14)7-10/h1-7H. The summed E-state index contributed by atoms with van der Waals surface area (Å²) in [6.07, 6.45) is 0. The molecule has 0 saturated heterocycles. The van der Waals surface area contributed by atoms with Crippen molar-refractivity contribution in [2.24, 2.45) is 0 Å². The van der Waals surface area contributed by atoms with Crippen molar-refractivity contribution in [1.29, 1.82) is 0 Å². The third kappa shape index (κ3) is 3.34. The third-order valence-corrected chi connectivity index (χ3v) is 4.33. The fraction of sp³-hybridized carbons (Fsp3) is 0. The van der Waals surface area contributed by atoms with Gasteiger partial charge in [0.25, 0.3) is 5.69 Å². The first kappa shape index (κ1) is 13.6. The second-order valence-electron chi connectivity index (χ2n) is 3.43. The first-order valence-corrected chi connectivity index (χ1v) is 7.34. The van der Waals surface area contributed by atoms with E-state index in [1.54, 1.807) is 23.9 Å². The zero-order valence-electron chi connectivity index (χ0n) is 8.97. The van der Waals surface area contributed by atoms with Gasteiger partial charge in [-0.1, -0.05) is 27.7 Å². The molecule has 0 radical (unpaired) electrons. The molecule has 0 aliphatic carbocycles. The number of hydrogen-bond acceptors (Lipinski definition) is 3. The van der Waals surface area contributed by atoms with Gasteiger partial charge in [-0.15, -0.1) is 0 Å². The highest BCUT2D eigenvalue weighted by molar-refractivity contribution is 9.10. The van der Waals surface area contributed by atoms with Gasteiger partial charge in [-0.3, -0.25) is 10.1 Å². The Bertz CT molecular complexity index is 587. The number of hydrogen-bond donors (Lipinski definition) is 0. The molecule has 3 nitrogen and oxygen atoms in total. The molecular weight excluding hydrogens is 382 g/mol. The first-order chi connectivity index (χ1) is 8.56. The van der Waals surface area contributed by atoms with Gasteiger partial charge >= 0.3 is 0 Å². The molecule has 0 spiro atoms. The molecule has 0 unspecified atom stereocenters. The number of nitro groups is 1. The zero-order valence-corrected chi connectivity index (χ0v) is 13.0. The van der Waals surface area contributed by atoms with E-state index in [2.05, 4.69) is 31.9 Å². The minimum absolute atomic E-state index is 0.0788. The van der Waals surface area contributed by atoms with Gasteiger partial charge in [0.1, 0.15) is 0 Å². The van der Waals surface area contributed by atoms with E-state index in [0.717, 1.165) is 14.3 Å². The summed E-state index contributed by atoms with van der Waals surface area (Å²) in [6.45, 7) is 0. The maximum Gasteiger partial charge on any atom is 0.283 e. The average Bonchev–Trinajstić information content (AvgIpc) is 2.32. The SMILES string of the molecule is O=[N+]([O-])c1ccc(Sc2ccc(Br)cc2)cc1Br. The van der Waals surface area contributed by atoms with Gasteiger partial charge in [0.15, 0.2) is 0 Å². The van der Waals surface area contributed by atoms with Crippen LogP contribution in [-0.2, 0) is 0 Å². The van der Waals surface area contributed by atoms with Crippen LogP contribution in [0.5, 0.6) is 0 Å². The van der Waals surface area contributed by atoms with Crippen LogP contribution in [0.3, 0.4) is 0 Å². The van der Waals surface area contributed by atoms with E-state index < -0.39 is 4.92 Å². The second-order valence-corrected chi connectivity index (χ2v) is 6.34. The van der Waals surface area contributed by atoms with Crippen molar-refractivity contribution in [3.63, 3.8) is 0 Å². The summed E-state index contributed by atoms with van der Waals surface area (Å²) in [5.74, 6) is 0. The van der Waals surface area contributed by atoms with E-state index in [1.807, 2.05) is 24.3 Å². The summed E-state index contributed by atoms with van der Waals surface area (Å²) < 4.78 is 1.52. The molecule has 0 heterocycles. The maximum atomic E-state index is 10.7. The summed E-state index contributed by atoms with van der Waals surface area (Å²) in [4.78, 5) is 12.3. The number of halogens is 2. The minimum atomic E-state index is -0.405. The Labute approximate surface area is 125 Å². The summed E-state index contributed by atoms with van der Waals surface area (Å²) in [7, 11) is 0. The van der Waals surface area contributed by atoms with Crippen molar-refractivity contribution in [2.75, 3.05) is 0 Å². The van der Waals surface area contributed by atoms with Gasteiger partial charge < -0.3 is 0 Å². The van der Waals surface area contributed by atoms with Crippen LogP contribution in [0.2, 0.25) is 0 Å². The van der Waals surface area contributed by atoms with E-state index in [9.17, 15) is 10.1 Å². The first-order valence-electron chi connectivity index (χ1n) is 4.93. The van der Waals surface area contributed by atoms with Crippen LogP contribution in [0.4, 0.5) is 5.69 Å². The van der Waals surface area contributed by atoms with Crippen LogP contribution in [0, 0.1) is 10.1 Å². The van der Waals surface area contributed by atoms with Crippen LogP contribution in [0.15, 0.2) is 61.2 Å². The molecule has 92 valence electrons. The van der Waals surface area contributed by atoms with E-state index in [4.69, 9.17) is 0 Å². The Morgan fingerprint density at radius 1 is 1.00 bits per heavy atom. The molecule has 0 aliphatic heterocycles. The van der Waals surface area contributed by atoms with E-state index in [1.165, 1.54) is 6.07 Å². The van der Waals surface area contributed by atoms with Gasteiger partial charge in [-0.25, -0.2) is 0 Å². The second kappa shape index (κ2) is 5.86. The number of nitro benzene ring substituents is 1. The van der Waals surface area contributed by atoms with Crippen LogP contribution >= 0.6 is 43.6 Å². The van der Waals surface area contributed by atoms with Gasteiger partial charge in [0.2, 0.25) is 0 Å². The summed E-state index contributed by atoms with van der Waals surface area (Å²) >= 11 is 8.14. The highest BCUT2D eigenvalue weighted by atomic mass is 79.9. The predicted molar refractivity (Wildman–Crippen MR) is 79.1 cm³/mol. The number of benzene rings is 2. The maximum absolute atomic E-state index is 10.7. The summed E-state index contributed by atoms with van der Waals surface area (Å²) in [6, 6.07) is 12.9. The largest absolute Gasteiger partial charge is 0.283 e. The lowest BCUT2D eigenvalue weighted by Crippen LogP contribution is -1.88. The van der Waals surface area contributed by atoms with Gasteiger partial charge in [0, 0.05) is 20.3 Å². The molecule has 2 aromatic rings. The Hall–Kier alpha value is -0.850. The lowest BCUT2D eigenvalue weighted by atomic mass is 10.3. The van der Waals surface area contributed by atoms with Crippen LogP contribution in [0.25, 0.3) is 0 Å². The molecule has 0 amide bonds. The molecule has 0 saturated carbocycles. The minimum Gasteiger partial charge on any atom is -0.258 e. The van der Waals surface area contributed by atoms with Crippen molar-refractivity contribution in [3.05, 3.63) is 61.5 Å². The molecule has 0 bridgehead atoms. The summed E-state index contributed by atoms with van der Waals surface area (Å²) in [5, 5.41) is 10.7. The third-order valence-electron chi connectivity index (χ3n) is 2.17. The number of nitrogens with zero attached hydrogens (tertiary/aromatic N) is 1. The smallest absolute Gasteiger partial charge is 0.258 e. The summed E-state index contributed by atoms with van der Waals surface area (Å²) in [5.41, 5.74) is 0.0788. The van der Waals surface area contributed by atoms with Crippen LogP contribution < -0.4 is 0 Å². The highest BCUT2D eigenvalue weighted by Crippen LogP contribution is 2.34. The van der Waals surface area contributed by atoms with Crippen molar-refractivity contribution in [2.45, 2.75) is 9.79 Å². The molecule has 0 fully saturated rings. The molecular formula is C12H7Br2NO2S. The molecule has 0 N–H and O–H groups in total. The Balaban J connectivity index is 2.22. The van der Waals surface area contributed by atoms with E-state index in [-0.39, 0.29) is 5.69 Å². The van der Waals surface area contributed by atoms with E-state index in [0.29, 0.717) is 4.47 Å². The fourth-order valence-corrected chi connectivity index (χ4v) is 3.13. The molecule has 6 heteroatoms. The normalized spacial score (nSPS) is 10.3. The van der Waals surface area contributed by atoms with Crippen molar-refractivity contribution < 1.29 is 4.92 Å². The van der Waals surface area contributed by atoms with Crippen LogP contribution in [0.1, 0.15) is 0 Å². The Morgan fingerprint density at radius 2 is 1.61 bits per heavy atom. The van der Waals surface area contributed by atoms with Gasteiger partial charge in [-0.05, 0) is 52.3 Å². The molecule has 0 atom stereocenters. The van der Waals surface area contributed by atoms with Crippen molar-refractivity contribution in [3.8, 4) is 0 Å². The molecule has 0 aromatic heterocycles. The topological polar surface area (TPSA) is 43.1 Å². The average molecular weight is 389 g/mol. The fourth-order valence-electron chi connectivity index (χ4n) is 1.34. The van der Waals surface area contributed by atoms with Crippen molar-refractivity contribution in [1.82, 2.24) is 0 Å².